The van der Waals surface area contributed by atoms with Gasteiger partial charge < -0.3 is 10.2 Å². The molecule has 0 aromatic heterocycles. The number of rotatable bonds is 3. The van der Waals surface area contributed by atoms with Crippen LogP contribution in [0.5, 0.6) is 0 Å². The first kappa shape index (κ1) is 13.8. The van der Waals surface area contributed by atoms with E-state index in [2.05, 4.69) is 5.32 Å². The van der Waals surface area contributed by atoms with E-state index in [9.17, 15) is 13.6 Å². The summed E-state index contributed by atoms with van der Waals surface area (Å²) in [6.45, 7) is 4.77. The van der Waals surface area contributed by atoms with Gasteiger partial charge in [0, 0.05) is 24.7 Å². The molecule has 1 aromatic rings. The minimum absolute atomic E-state index is 0.0744. The molecule has 1 unspecified atom stereocenters. The first-order valence-electron chi connectivity index (χ1n) is 6.58. The van der Waals surface area contributed by atoms with Gasteiger partial charge in [-0.1, -0.05) is 0 Å². The lowest BCUT2D eigenvalue weighted by molar-refractivity contribution is 0.0746. The SMILES string of the molecule is CCNc1c(F)cc(C(=O)N2CCCC2C)cc1F. The first-order valence-corrected chi connectivity index (χ1v) is 6.58. The topological polar surface area (TPSA) is 32.3 Å². The number of hydrogen-bond acceptors (Lipinski definition) is 2. The van der Waals surface area contributed by atoms with Crippen LogP contribution < -0.4 is 5.32 Å². The van der Waals surface area contributed by atoms with E-state index in [1.54, 1.807) is 11.8 Å². The van der Waals surface area contributed by atoms with Crippen LogP contribution in [0.3, 0.4) is 0 Å². The molecule has 1 amide bonds. The second-order valence-corrected chi connectivity index (χ2v) is 4.84. The lowest BCUT2D eigenvalue weighted by Gasteiger charge is -2.21. The number of hydrogen-bond donors (Lipinski definition) is 1. The summed E-state index contributed by atoms with van der Waals surface area (Å²) in [6.07, 6.45) is 1.87. The molecular weight excluding hydrogens is 250 g/mol. The van der Waals surface area contributed by atoms with Crippen LogP contribution in [0.25, 0.3) is 0 Å². The van der Waals surface area contributed by atoms with E-state index >= 15 is 0 Å². The van der Waals surface area contributed by atoms with Crippen LogP contribution in [0.1, 0.15) is 37.0 Å². The van der Waals surface area contributed by atoms with Crippen molar-refractivity contribution in [2.45, 2.75) is 32.7 Å². The van der Waals surface area contributed by atoms with Crippen molar-refractivity contribution < 1.29 is 13.6 Å². The number of carbonyl (C=O) groups excluding carboxylic acids is 1. The summed E-state index contributed by atoms with van der Waals surface area (Å²) in [4.78, 5) is 13.9. The predicted molar refractivity (Wildman–Crippen MR) is 70.3 cm³/mol. The van der Waals surface area contributed by atoms with E-state index in [-0.39, 0.29) is 23.2 Å². The molecule has 1 fully saturated rings. The minimum Gasteiger partial charge on any atom is -0.381 e. The fraction of sp³-hybridized carbons (Fsp3) is 0.500. The molecule has 1 aliphatic heterocycles. The van der Waals surface area contributed by atoms with Crippen molar-refractivity contribution in [2.24, 2.45) is 0 Å². The quantitative estimate of drug-likeness (QED) is 0.914. The smallest absolute Gasteiger partial charge is 0.254 e. The summed E-state index contributed by atoms with van der Waals surface area (Å²) in [7, 11) is 0. The summed E-state index contributed by atoms with van der Waals surface area (Å²) in [6, 6.07) is 2.34. The standard InChI is InChI=1S/C14H18F2N2O/c1-3-17-13-11(15)7-10(8-12(13)16)14(19)18-6-4-5-9(18)2/h7-9,17H,3-6H2,1-2H3. The second kappa shape index (κ2) is 5.55. The zero-order chi connectivity index (χ0) is 14.0. The Kier molecular flexibility index (Phi) is 4.02. The van der Waals surface area contributed by atoms with Crippen LogP contribution >= 0.6 is 0 Å². The Balaban J connectivity index is 2.28. The van der Waals surface area contributed by atoms with Gasteiger partial charge in [0.1, 0.15) is 17.3 Å². The third kappa shape index (κ3) is 2.69. The highest BCUT2D eigenvalue weighted by molar-refractivity contribution is 5.95. The molecule has 1 N–H and O–H groups in total. The number of likely N-dealkylation sites (tertiary alicyclic amines) is 1. The Bertz CT molecular complexity index is 467. The Labute approximate surface area is 111 Å². The van der Waals surface area contributed by atoms with E-state index in [1.807, 2.05) is 6.92 Å². The van der Waals surface area contributed by atoms with Crippen LogP contribution in [0.15, 0.2) is 12.1 Å². The highest BCUT2D eigenvalue weighted by Gasteiger charge is 2.27. The van der Waals surface area contributed by atoms with Gasteiger partial charge in [-0.05, 0) is 38.8 Å². The molecule has 2 rings (SSSR count). The number of anilines is 1. The van der Waals surface area contributed by atoms with Crippen molar-refractivity contribution in [2.75, 3.05) is 18.4 Å². The van der Waals surface area contributed by atoms with Crippen LogP contribution in [-0.4, -0.2) is 29.9 Å². The Morgan fingerprint density at radius 1 is 1.42 bits per heavy atom. The highest BCUT2D eigenvalue weighted by atomic mass is 19.1. The van der Waals surface area contributed by atoms with Crippen LogP contribution in [0.2, 0.25) is 0 Å². The van der Waals surface area contributed by atoms with E-state index in [1.165, 1.54) is 0 Å². The van der Waals surface area contributed by atoms with Gasteiger partial charge in [-0.2, -0.15) is 0 Å². The van der Waals surface area contributed by atoms with E-state index in [4.69, 9.17) is 0 Å². The average Bonchev–Trinajstić information content (AvgIpc) is 2.79. The number of amides is 1. The zero-order valence-corrected chi connectivity index (χ0v) is 11.2. The molecule has 0 radical (unpaired) electrons. The third-order valence-electron chi connectivity index (χ3n) is 3.46. The van der Waals surface area contributed by atoms with Gasteiger partial charge in [-0.25, -0.2) is 8.78 Å². The maximum absolute atomic E-state index is 13.8. The molecule has 1 aromatic carbocycles. The van der Waals surface area contributed by atoms with E-state index < -0.39 is 11.6 Å². The minimum atomic E-state index is -0.725. The maximum atomic E-state index is 13.8. The van der Waals surface area contributed by atoms with E-state index in [0.717, 1.165) is 25.0 Å². The number of halogens is 2. The number of benzene rings is 1. The van der Waals surface area contributed by atoms with Gasteiger partial charge in [0.25, 0.3) is 5.91 Å². The van der Waals surface area contributed by atoms with Crippen LogP contribution in [-0.2, 0) is 0 Å². The molecule has 1 aliphatic rings. The largest absolute Gasteiger partial charge is 0.381 e. The van der Waals surface area contributed by atoms with Crippen molar-refractivity contribution >= 4 is 11.6 Å². The van der Waals surface area contributed by atoms with Gasteiger partial charge in [0.15, 0.2) is 0 Å². The second-order valence-electron chi connectivity index (χ2n) is 4.84. The molecule has 19 heavy (non-hydrogen) atoms. The zero-order valence-electron chi connectivity index (χ0n) is 11.2. The Morgan fingerprint density at radius 3 is 2.53 bits per heavy atom. The maximum Gasteiger partial charge on any atom is 0.254 e. The van der Waals surface area contributed by atoms with Gasteiger partial charge in [0.2, 0.25) is 0 Å². The molecule has 104 valence electrons. The lowest BCUT2D eigenvalue weighted by atomic mass is 10.1. The summed E-state index contributed by atoms with van der Waals surface area (Å²) in [5.74, 6) is -1.75. The Hall–Kier alpha value is -1.65. The molecule has 1 atom stereocenters. The average molecular weight is 268 g/mol. The third-order valence-corrected chi connectivity index (χ3v) is 3.46. The normalized spacial score (nSPS) is 18.7. The van der Waals surface area contributed by atoms with Gasteiger partial charge in [-0.15, -0.1) is 0 Å². The molecule has 0 saturated carbocycles. The summed E-state index contributed by atoms with van der Waals surface area (Å²) in [5, 5.41) is 2.61. The highest BCUT2D eigenvalue weighted by Crippen LogP contribution is 2.24. The van der Waals surface area contributed by atoms with Gasteiger partial charge in [0.05, 0.1) is 0 Å². The number of nitrogens with one attached hydrogen (secondary N) is 1. The molecule has 0 spiro atoms. The van der Waals surface area contributed by atoms with Crippen molar-refractivity contribution in [1.82, 2.24) is 4.90 Å². The van der Waals surface area contributed by atoms with Gasteiger partial charge in [-0.3, -0.25) is 4.79 Å². The molecular formula is C14H18F2N2O. The molecule has 1 saturated heterocycles. The van der Waals surface area contributed by atoms with Crippen molar-refractivity contribution in [3.05, 3.63) is 29.3 Å². The molecule has 0 bridgehead atoms. The first-order chi connectivity index (χ1) is 9.04. The lowest BCUT2D eigenvalue weighted by Crippen LogP contribution is -2.33. The molecule has 5 heteroatoms. The molecule has 1 heterocycles. The summed E-state index contributed by atoms with van der Waals surface area (Å²) in [5.41, 5.74) is -0.0982. The van der Waals surface area contributed by atoms with Crippen LogP contribution in [0.4, 0.5) is 14.5 Å². The predicted octanol–water partition coefficient (Wildman–Crippen LogP) is 3.02. The summed E-state index contributed by atoms with van der Waals surface area (Å²) < 4.78 is 27.5. The summed E-state index contributed by atoms with van der Waals surface area (Å²) >= 11 is 0. The van der Waals surface area contributed by atoms with Crippen LogP contribution in [0, 0.1) is 11.6 Å². The fourth-order valence-corrected chi connectivity index (χ4v) is 2.44. The fourth-order valence-electron chi connectivity index (χ4n) is 2.44. The molecule has 0 aliphatic carbocycles. The molecule has 3 nitrogen and oxygen atoms in total. The Morgan fingerprint density at radius 2 is 2.05 bits per heavy atom. The number of nitrogens with zero attached hydrogens (tertiary/aromatic N) is 1. The van der Waals surface area contributed by atoms with Crippen molar-refractivity contribution in [3.63, 3.8) is 0 Å². The van der Waals surface area contributed by atoms with Gasteiger partial charge >= 0.3 is 0 Å². The van der Waals surface area contributed by atoms with Crippen molar-refractivity contribution in [3.8, 4) is 0 Å². The van der Waals surface area contributed by atoms with E-state index in [0.29, 0.717) is 13.1 Å². The van der Waals surface area contributed by atoms with Crippen molar-refractivity contribution in [1.29, 1.82) is 0 Å². The number of carbonyl (C=O) groups is 1. The monoisotopic (exact) mass is 268 g/mol.